The van der Waals surface area contributed by atoms with Crippen molar-refractivity contribution in [2.45, 2.75) is 26.3 Å². The van der Waals surface area contributed by atoms with Crippen molar-refractivity contribution in [3.05, 3.63) is 24.0 Å². The lowest BCUT2D eigenvalue weighted by molar-refractivity contribution is 0.0677. The summed E-state index contributed by atoms with van der Waals surface area (Å²) in [5.41, 5.74) is 0.775. The van der Waals surface area contributed by atoms with E-state index in [0.29, 0.717) is 12.5 Å². The molecule has 1 aromatic heterocycles. The highest BCUT2D eigenvalue weighted by atomic mass is 16.5. The van der Waals surface area contributed by atoms with E-state index in [-0.39, 0.29) is 5.91 Å². The predicted molar refractivity (Wildman–Crippen MR) is 83.5 cm³/mol. The van der Waals surface area contributed by atoms with Gasteiger partial charge in [-0.25, -0.2) is 0 Å². The fraction of sp³-hybridized carbons (Fsp3) is 0.688. The number of aromatic nitrogens is 1. The summed E-state index contributed by atoms with van der Waals surface area (Å²) in [5.74, 6) is 0.854. The van der Waals surface area contributed by atoms with Gasteiger partial charge < -0.3 is 19.5 Å². The first-order valence-corrected chi connectivity index (χ1v) is 7.90. The van der Waals surface area contributed by atoms with Crippen LogP contribution in [-0.2, 0) is 11.3 Å². The van der Waals surface area contributed by atoms with Crippen molar-refractivity contribution < 1.29 is 9.53 Å². The number of nitrogens with one attached hydrogen (secondary N) is 1. The van der Waals surface area contributed by atoms with Gasteiger partial charge >= 0.3 is 0 Å². The summed E-state index contributed by atoms with van der Waals surface area (Å²) < 4.78 is 7.08. The molecule has 5 nitrogen and oxygen atoms in total. The number of carbonyl (C=O) groups excluding carboxylic acids is 1. The molecular formula is C16H27N3O2. The third-order valence-corrected chi connectivity index (χ3v) is 4.17. The zero-order valence-electron chi connectivity index (χ0n) is 13.2. The van der Waals surface area contributed by atoms with Crippen molar-refractivity contribution in [1.29, 1.82) is 0 Å². The van der Waals surface area contributed by atoms with E-state index < -0.39 is 0 Å². The first-order chi connectivity index (χ1) is 10.3. The molecule has 0 atom stereocenters. The van der Waals surface area contributed by atoms with Gasteiger partial charge in [0, 0.05) is 32.9 Å². The fourth-order valence-corrected chi connectivity index (χ4v) is 2.84. The van der Waals surface area contributed by atoms with Crippen molar-refractivity contribution in [1.82, 2.24) is 14.8 Å². The van der Waals surface area contributed by atoms with Gasteiger partial charge in [0.2, 0.25) is 0 Å². The molecule has 5 heteroatoms. The molecule has 1 fully saturated rings. The molecule has 2 heterocycles. The number of hydrogen-bond acceptors (Lipinski definition) is 3. The van der Waals surface area contributed by atoms with E-state index in [4.69, 9.17) is 4.74 Å². The van der Waals surface area contributed by atoms with Crippen LogP contribution >= 0.6 is 0 Å². The molecule has 1 aliphatic heterocycles. The van der Waals surface area contributed by atoms with Gasteiger partial charge in [-0.2, -0.15) is 0 Å². The van der Waals surface area contributed by atoms with E-state index in [1.807, 2.05) is 27.8 Å². The van der Waals surface area contributed by atoms with Gasteiger partial charge in [-0.15, -0.1) is 0 Å². The zero-order chi connectivity index (χ0) is 15.1. The largest absolute Gasteiger partial charge is 0.383 e. The smallest absolute Gasteiger partial charge is 0.270 e. The Morgan fingerprint density at radius 2 is 2.19 bits per heavy atom. The Bertz CT molecular complexity index is 436. The number of rotatable bonds is 7. The molecule has 21 heavy (non-hydrogen) atoms. The Kier molecular flexibility index (Phi) is 6.26. The molecule has 0 unspecified atom stereocenters. The second-order valence-electron chi connectivity index (χ2n) is 5.62. The topological polar surface area (TPSA) is 46.5 Å². The van der Waals surface area contributed by atoms with E-state index in [1.54, 1.807) is 7.11 Å². The molecule has 118 valence electrons. The van der Waals surface area contributed by atoms with Crippen molar-refractivity contribution >= 4 is 5.91 Å². The molecule has 0 spiro atoms. The number of likely N-dealkylation sites (tertiary alicyclic amines) is 1. The minimum absolute atomic E-state index is 0.151. The Morgan fingerprint density at radius 1 is 1.43 bits per heavy atom. The average molecular weight is 293 g/mol. The summed E-state index contributed by atoms with van der Waals surface area (Å²) in [5, 5.41) is 3.40. The molecule has 1 aliphatic rings. The van der Waals surface area contributed by atoms with Gasteiger partial charge in [-0.3, -0.25) is 4.79 Å². The SMILES string of the molecule is CCNCC1CCN(C(=O)c2cccn2CCOC)CC1. The first kappa shape index (κ1) is 16.0. The van der Waals surface area contributed by atoms with Crippen molar-refractivity contribution in [2.24, 2.45) is 5.92 Å². The lowest BCUT2D eigenvalue weighted by Gasteiger charge is -2.32. The number of piperidine rings is 1. The molecule has 0 radical (unpaired) electrons. The van der Waals surface area contributed by atoms with Gasteiger partial charge in [0.15, 0.2) is 0 Å². The second kappa shape index (κ2) is 8.20. The quantitative estimate of drug-likeness (QED) is 0.830. The third-order valence-electron chi connectivity index (χ3n) is 4.17. The molecule has 1 N–H and O–H groups in total. The van der Waals surface area contributed by atoms with E-state index in [1.165, 1.54) is 0 Å². The monoisotopic (exact) mass is 293 g/mol. The molecule has 0 aliphatic carbocycles. The standard InChI is InChI=1S/C16H27N3O2/c1-3-17-13-14-6-9-19(10-7-14)16(20)15-5-4-8-18(15)11-12-21-2/h4-5,8,14,17H,3,6-7,9-13H2,1-2H3. The van der Waals surface area contributed by atoms with E-state index in [9.17, 15) is 4.79 Å². The average Bonchev–Trinajstić information content (AvgIpc) is 2.99. The predicted octanol–water partition coefficient (Wildman–Crippen LogP) is 1.60. The number of carbonyl (C=O) groups is 1. The van der Waals surface area contributed by atoms with Gasteiger partial charge in [-0.05, 0) is 44.0 Å². The Hall–Kier alpha value is -1.33. The minimum atomic E-state index is 0.151. The summed E-state index contributed by atoms with van der Waals surface area (Å²) in [6.45, 7) is 7.30. The van der Waals surface area contributed by atoms with Gasteiger partial charge in [-0.1, -0.05) is 6.92 Å². The molecule has 1 saturated heterocycles. The van der Waals surface area contributed by atoms with Crippen LogP contribution in [0.4, 0.5) is 0 Å². The first-order valence-electron chi connectivity index (χ1n) is 7.90. The lowest BCUT2D eigenvalue weighted by atomic mass is 9.96. The number of hydrogen-bond donors (Lipinski definition) is 1. The van der Waals surface area contributed by atoms with Gasteiger partial charge in [0.05, 0.1) is 6.61 Å². The van der Waals surface area contributed by atoms with Crippen LogP contribution in [-0.4, -0.2) is 55.3 Å². The number of nitrogens with zero attached hydrogens (tertiary/aromatic N) is 2. The number of methoxy groups -OCH3 is 1. The van der Waals surface area contributed by atoms with Crippen molar-refractivity contribution in [3.63, 3.8) is 0 Å². The minimum Gasteiger partial charge on any atom is -0.383 e. The number of ether oxygens (including phenoxy) is 1. The van der Waals surface area contributed by atoms with Crippen molar-refractivity contribution in [2.75, 3.05) is 39.9 Å². The summed E-state index contributed by atoms with van der Waals surface area (Å²) in [6, 6.07) is 3.84. The van der Waals surface area contributed by atoms with Crippen LogP contribution < -0.4 is 5.32 Å². The van der Waals surface area contributed by atoms with Gasteiger partial charge in [0.1, 0.15) is 5.69 Å². The fourth-order valence-electron chi connectivity index (χ4n) is 2.84. The highest BCUT2D eigenvalue weighted by Crippen LogP contribution is 2.18. The Morgan fingerprint density at radius 3 is 2.86 bits per heavy atom. The molecule has 0 saturated carbocycles. The van der Waals surface area contributed by atoms with Crippen LogP contribution in [0.3, 0.4) is 0 Å². The van der Waals surface area contributed by atoms with Crippen LogP contribution in [0.25, 0.3) is 0 Å². The van der Waals surface area contributed by atoms with Crippen molar-refractivity contribution in [3.8, 4) is 0 Å². The third kappa shape index (κ3) is 4.32. The van der Waals surface area contributed by atoms with Crippen LogP contribution in [0, 0.1) is 5.92 Å². The van der Waals surface area contributed by atoms with Crippen LogP contribution in [0.2, 0.25) is 0 Å². The normalized spacial score (nSPS) is 16.4. The molecule has 1 aromatic rings. The molecular weight excluding hydrogens is 266 g/mol. The highest BCUT2D eigenvalue weighted by molar-refractivity contribution is 5.92. The summed E-state index contributed by atoms with van der Waals surface area (Å²) in [4.78, 5) is 14.6. The maximum atomic E-state index is 12.6. The summed E-state index contributed by atoms with van der Waals surface area (Å²) >= 11 is 0. The summed E-state index contributed by atoms with van der Waals surface area (Å²) in [6.07, 6.45) is 4.14. The molecule has 0 bridgehead atoms. The van der Waals surface area contributed by atoms with Crippen LogP contribution in [0.1, 0.15) is 30.3 Å². The van der Waals surface area contributed by atoms with E-state index in [0.717, 1.165) is 51.3 Å². The van der Waals surface area contributed by atoms with Crippen LogP contribution in [0.15, 0.2) is 18.3 Å². The van der Waals surface area contributed by atoms with Gasteiger partial charge in [0.25, 0.3) is 5.91 Å². The lowest BCUT2D eigenvalue weighted by Crippen LogP contribution is -2.41. The second-order valence-corrected chi connectivity index (χ2v) is 5.62. The Balaban J connectivity index is 1.88. The van der Waals surface area contributed by atoms with Crippen LogP contribution in [0.5, 0.6) is 0 Å². The summed E-state index contributed by atoms with van der Waals surface area (Å²) in [7, 11) is 1.68. The number of amides is 1. The maximum absolute atomic E-state index is 12.6. The highest BCUT2D eigenvalue weighted by Gasteiger charge is 2.24. The van der Waals surface area contributed by atoms with E-state index >= 15 is 0 Å². The molecule has 2 rings (SSSR count). The molecule has 0 aromatic carbocycles. The maximum Gasteiger partial charge on any atom is 0.270 e. The zero-order valence-corrected chi connectivity index (χ0v) is 13.2. The van der Waals surface area contributed by atoms with E-state index in [2.05, 4.69) is 12.2 Å². The molecule has 1 amide bonds. The Labute approximate surface area is 127 Å².